The van der Waals surface area contributed by atoms with Crippen LogP contribution in [0.25, 0.3) is 0 Å². The molecule has 0 saturated heterocycles. The Morgan fingerprint density at radius 1 is 1.20 bits per heavy atom. The van der Waals surface area contributed by atoms with E-state index in [-0.39, 0.29) is 5.82 Å². The van der Waals surface area contributed by atoms with Crippen LogP contribution in [0.4, 0.5) is 4.39 Å². The third-order valence-electron chi connectivity index (χ3n) is 3.70. The largest absolute Gasteiger partial charge is 0.389 e. The number of halogens is 1. The molecule has 1 aliphatic carbocycles. The van der Waals surface area contributed by atoms with E-state index in [1.165, 1.54) is 31.4 Å². The highest BCUT2D eigenvalue weighted by molar-refractivity contribution is 5.15. The van der Waals surface area contributed by atoms with E-state index in [1.54, 1.807) is 12.1 Å². The number of rotatable bonds is 7. The van der Waals surface area contributed by atoms with Crippen molar-refractivity contribution in [2.24, 2.45) is 0 Å². The summed E-state index contributed by atoms with van der Waals surface area (Å²) in [6, 6.07) is 6.37. The lowest BCUT2D eigenvalue weighted by Crippen LogP contribution is -2.32. The van der Waals surface area contributed by atoms with Crippen molar-refractivity contribution in [2.45, 2.75) is 50.9 Å². The lowest BCUT2D eigenvalue weighted by molar-refractivity contribution is -0.0230. The Hall–Kier alpha value is -0.970. The monoisotopic (exact) mass is 281 g/mol. The second-order valence-corrected chi connectivity index (χ2v) is 5.50. The van der Waals surface area contributed by atoms with Crippen molar-refractivity contribution in [3.8, 4) is 0 Å². The zero-order chi connectivity index (χ0) is 14.2. The summed E-state index contributed by atoms with van der Waals surface area (Å²) in [5.74, 6) is -0.227. The molecule has 0 aromatic heterocycles. The topological polar surface area (TPSA) is 41.5 Å². The Labute approximate surface area is 120 Å². The summed E-state index contributed by atoms with van der Waals surface area (Å²) in [7, 11) is 0. The average Bonchev–Trinajstić information content (AvgIpc) is 2.48. The van der Waals surface area contributed by atoms with E-state index in [2.05, 4.69) is 5.32 Å². The molecule has 0 amide bonds. The predicted octanol–water partition coefficient (Wildman–Crippen LogP) is 2.63. The van der Waals surface area contributed by atoms with Crippen molar-refractivity contribution in [1.29, 1.82) is 0 Å². The molecule has 1 aromatic rings. The van der Waals surface area contributed by atoms with Gasteiger partial charge >= 0.3 is 0 Å². The Morgan fingerprint density at radius 3 is 2.60 bits per heavy atom. The standard InChI is InChI=1S/C16H24FNO2/c17-14-8-6-13(7-9-14)10-18-11-15(19)12-20-16-4-2-1-3-5-16/h6-9,15-16,18-19H,1-5,10-12H2. The third kappa shape index (κ3) is 5.57. The van der Waals surface area contributed by atoms with Crippen LogP contribution in [0.1, 0.15) is 37.7 Å². The second kappa shape index (κ2) is 8.35. The summed E-state index contributed by atoms with van der Waals surface area (Å²) in [5, 5.41) is 13.0. The van der Waals surface area contributed by atoms with Crippen molar-refractivity contribution in [3.63, 3.8) is 0 Å². The number of benzene rings is 1. The molecule has 1 unspecified atom stereocenters. The van der Waals surface area contributed by atoms with Crippen LogP contribution in [-0.4, -0.2) is 30.5 Å². The van der Waals surface area contributed by atoms with Crippen molar-refractivity contribution in [1.82, 2.24) is 5.32 Å². The van der Waals surface area contributed by atoms with Gasteiger partial charge in [0, 0.05) is 13.1 Å². The van der Waals surface area contributed by atoms with Crippen molar-refractivity contribution in [2.75, 3.05) is 13.2 Å². The van der Waals surface area contributed by atoms with Gasteiger partial charge in [-0.3, -0.25) is 0 Å². The number of ether oxygens (including phenoxy) is 1. The molecule has 1 saturated carbocycles. The first-order valence-electron chi connectivity index (χ1n) is 7.49. The van der Waals surface area contributed by atoms with Gasteiger partial charge in [0.2, 0.25) is 0 Å². The Bertz CT molecular complexity index is 377. The normalized spacial score (nSPS) is 18.1. The van der Waals surface area contributed by atoms with Gasteiger partial charge in [0.15, 0.2) is 0 Å². The number of aliphatic hydroxyl groups is 1. The lowest BCUT2D eigenvalue weighted by Gasteiger charge is -2.23. The molecule has 0 spiro atoms. The Balaban J connectivity index is 1.57. The second-order valence-electron chi connectivity index (χ2n) is 5.50. The summed E-state index contributed by atoms with van der Waals surface area (Å²) >= 11 is 0. The number of hydrogen-bond acceptors (Lipinski definition) is 3. The van der Waals surface area contributed by atoms with Crippen LogP contribution < -0.4 is 5.32 Å². The molecule has 0 aliphatic heterocycles. The number of nitrogens with one attached hydrogen (secondary N) is 1. The van der Waals surface area contributed by atoms with Crippen LogP contribution in [-0.2, 0) is 11.3 Å². The van der Waals surface area contributed by atoms with Gasteiger partial charge < -0.3 is 15.2 Å². The van der Waals surface area contributed by atoms with Crippen LogP contribution >= 0.6 is 0 Å². The molecule has 1 aromatic carbocycles. The van der Waals surface area contributed by atoms with Gasteiger partial charge in [-0.25, -0.2) is 4.39 Å². The maximum atomic E-state index is 12.7. The molecule has 1 atom stereocenters. The molecule has 0 radical (unpaired) electrons. The quantitative estimate of drug-likeness (QED) is 0.807. The van der Waals surface area contributed by atoms with E-state index in [1.807, 2.05) is 0 Å². The van der Waals surface area contributed by atoms with E-state index in [0.29, 0.717) is 25.8 Å². The van der Waals surface area contributed by atoms with E-state index >= 15 is 0 Å². The molecule has 0 heterocycles. The maximum absolute atomic E-state index is 12.7. The first-order valence-corrected chi connectivity index (χ1v) is 7.49. The summed E-state index contributed by atoms with van der Waals surface area (Å²) in [5.41, 5.74) is 1.01. The van der Waals surface area contributed by atoms with Gasteiger partial charge in [-0.15, -0.1) is 0 Å². The summed E-state index contributed by atoms with van der Waals surface area (Å²) in [6.45, 7) is 1.51. The SMILES string of the molecule is OC(CNCc1ccc(F)cc1)COC1CCCCC1. The van der Waals surface area contributed by atoms with Crippen LogP contribution in [0, 0.1) is 5.82 Å². The minimum absolute atomic E-state index is 0.227. The predicted molar refractivity (Wildman–Crippen MR) is 76.9 cm³/mol. The van der Waals surface area contributed by atoms with Gasteiger partial charge in [0.25, 0.3) is 0 Å². The molecule has 4 heteroatoms. The minimum Gasteiger partial charge on any atom is -0.389 e. The van der Waals surface area contributed by atoms with Gasteiger partial charge in [-0.1, -0.05) is 31.4 Å². The summed E-state index contributed by atoms with van der Waals surface area (Å²) in [4.78, 5) is 0. The molecule has 0 bridgehead atoms. The highest BCUT2D eigenvalue weighted by atomic mass is 19.1. The Morgan fingerprint density at radius 2 is 1.90 bits per heavy atom. The van der Waals surface area contributed by atoms with Gasteiger partial charge in [-0.05, 0) is 30.5 Å². The van der Waals surface area contributed by atoms with Crippen LogP contribution in [0.2, 0.25) is 0 Å². The van der Waals surface area contributed by atoms with Gasteiger partial charge in [0.05, 0.1) is 18.8 Å². The molecule has 2 N–H and O–H groups in total. The van der Waals surface area contributed by atoms with Crippen molar-refractivity contribution >= 4 is 0 Å². The molecule has 112 valence electrons. The van der Waals surface area contributed by atoms with E-state index in [9.17, 15) is 9.50 Å². The van der Waals surface area contributed by atoms with E-state index in [0.717, 1.165) is 18.4 Å². The number of aliphatic hydroxyl groups excluding tert-OH is 1. The fourth-order valence-electron chi connectivity index (χ4n) is 2.52. The average molecular weight is 281 g/mol. The maximum Gasteiger partial charge on any atom is 0.123 e. The van der Waals surface area contributed by atoms with Gasteiger partial charge in [-0.2, -0.15) is 0 Å². The summed E-state index contributed by atoms with van der Waals surface area (Å²) in [6.07, 6.45) is 5.87. The molecule has 3 nitrogen and oxygen atoms in total. The molecule has 1 fully saturated rings. The molecule has 1 aliphatic rings. The first-order chi connectivity index (χ1) is 9.74. The van der Waals surface area contributed by atoms with Crippen LogP contribution in [0.3, 0.4) is 0 Å². The van der Waals surface area contributed by atoms with Gasteiger partial charge in [0.1, 0.15) is 5.82 Å². The minimum atomic E-state index is -0.489. The summed E-state index contributed by atoms with van der Waals surface area (Å²) < 4.78 is 18.5. The Kier molecular flexibility index (Phi) is 6.43. The molecular formula is C16H24FNO2. The van der Waals surface area contributed by atoms with Crippen molar-refractivity contribution in [3.05, 3.63) is 35.6 Å². The highest BCUT2D eigenvalue weighted by Gasteiger charge is 2.15. The lowest BCUT2D eigenvalue weighted by atomic mass is 9.98. The number of hydrogen-bond donors (Lipinski definition) is 2. The molecule has 20 heavy (non-hydrogen) atoms. The zero-order valence-electron chi connectivity index (χ0n) is 11.9. The molecular weight excluding hydrogens is 257 g/mol. The zero-order valence-corrected chi connectivity index (χ0v) is 11.9. The third-order valence-corrected chi connectivity index (χ3v) is 3.70. The van der Waals surface area contributed by atoms with Crippen LogP contribution in [0.5, 0.6) is 0 Å². The fourth-order valence-corrected chi connectivity index (χ4v) is 2.52. The van der Waals surface area contributed by atoms with E-state index in [4.69, 9.17) is 4.74 Å². The highest BCUT2D eigenvalue weighted by Crippen LogP contribution is 2.20. The fraction of sp³-hybridized carbons (Fsp3) is 0.625. The van der Waals surface area contributed by atoms with E-state index < -0.39 is 6.10 Å². The van der Waals surface area contributed by atoms with Crippen molar-refractivity contribution < 1.29 is 14.2 Å². The first kappa shape index (κ1) is 15.4. The molecule has 2 rings (SSSR count). The van der Waals surface area contributed by atoms with Crippen LogP contribution in [0.15, 0.2) is 24.3 Å². The smallest absolute Gasteiger partial charge is 0.123 e.